The van der Waals surface area contributed by atoms with Crippen molar-refractivity contribution >= 4 is 11.8 Å². The normalized spacial score (nSPS) is 18.7. The van der Waals surface area contributed by atoms with Crippen molar-refractivity contribution in [2.45, 2.75) is 38.6 Å². The standard InChI is InChI=1S/C27H35N3O4/c1-5-29(6-2)14-9-13-28-26(31)24-20-16-22(33-3)23(34-4)17-21(20)27(32)30-15-12-18-10-7-8-11-19(18)25(24)30/h7-8,10-11,16-17,24-25H,5-6,9,12-15H2,1-4H3,(H,28,31)/t24-,25+/m1/s1. The number of methoxy groups -OCH3 is 2. The van der Waals surface area contributed by atoms with Gasteiger partial charge in [-0.1, -0.05) is 38.1 Å². The number of nitrogens with one attached hydrogen (secondary N) is 1. The second kappa shape index (κ2) is 10.5. The molecule has 182 valence electrons. The molecular weight excluding hydrogens is 430 g/mol. The van der Waals surface area contributed by atoms with Gasteiger partial charge in [0.1, 0.15) is 0 Å². The molecule has 0 saturated heterocycles. The van der Waals surface area contributed by atoms with Crippen LogP contribution in [0, 0.1) is 0 Å². The van der Waals surface area contributed by atoms with Gasteiger partial charge < -0.3 is 24.6 Å². The van der Waals surface area contributed by atoms with E-state index in [1.54, 1.807) is 26.4 Å². The molecule has 2 aliphatic heterocycles. The molecule has 0 saturated carbocycles. The molecule has 0 aromatic heterocycles. The Morgan fingerprint density at radius 1 is 1.09 bits per heavy atom. The minimum absolute atomic E-state index is 0.0628. The molecule has 0 unspecified atom stereocenters. The number of hydrogen-bond donors (Lipinski definition) is 1. The third-order valence-electron chi connectivity index (χ3n) is 7.16. The van der Waals surface area contributed by atoms with Crippen LogP contribution in [0.5, 0.6) is 11.5 Å². The third-order valence-corrected chi connectivity index (χ3v) is 7.16. The van der Waals surface area contributed by atoms with Gasteiger partial charge in [-0.25, -0.2) is 0 Å². The number of fused-ring (bicyclic) bond motifs is 4. The van der Waals surface area contributed by atoms with E-state index in [4.69, 9.17) is 9.47 Å². The van der Waals surface area contributed by atoms with Crippen molar-refractivity contribution in [3.8, 4) is 11.5 Å². The topological polar surface area (TPSA) is 71.1 Å². The van der Waals surface area contributed by atoms with Crippen LogP contribution in [0.2, 0.25) is 0 Å². The van der Waals surface area contributed by atoms with Gasteiger partial charge in [0, 0.05) is 18.7 Å². The zero-order chi connectivity index (χ0) is 24.2. The molecule has 0 bridgehead atoms. The molecule has 2 heterocycles. The zero-order valence-corrected chi connectivity index (χ0v) is 20.6. The Bertz CT molecular complexity index is 1050. The quantitative estimate of drug-likeness (QED) is 0.575. The number of nitrogens with zero attached hydrogens (tertiary/aromatic N) is 2. The molecular formula is C27H35N3O4. The highest BCUT2D eigenvalue weighted by Crippen LogP contribution is 2.48. The Labute approximate surface area is 202 Å². The zero-order valence-electron chi connectivity index (χ0n) is 20.6. The van der Waals surface area contributed by atoms with Gasteiger partial charge in [0.2, 0.25) is 5.91 Å². The molecule has 0 fully saturated rings. The van der Waals surface area contributed by atoms with Gasteiger partial charge in [0.05, 0.1) is 26.2 Å². The average molecular weight is 466 g/mol. The van der Waals surface area contributed by atoms with Crippen LogP contribution in [0.25, 0.3) is 0 Å². The summed E-state index contributed by atoms with van der Waals surface area (Å²) in [5.41, 5.74) is 3.45. The van der Waals surface area contributed by atoms with Crippen LogP contribution in [-0.4, -0.2) is 68.6 Å². The minimum Gasteiger partial charge on any atom is -0.493 e. The van der Waals surface area contributed by atoms with E-state index in [9.17, 15) is 9.59 Å². The van der Waals surface area contributed by atoms with E-state index in [1.165, 1.54) is 5.56 Å². The molecule has 2 aliphatic rings. The van der Waals surface area contributed by atoms with E-state index >= 15 is 0 Å². The van der Waals surface area contributed by atoms with Crippen molar-refractivity contribution < 1.29 is 19.1 Å². The molecule has 2 amide bonds. The summed E-state index contributed by atoms with van der Waals surface area (Å²) in [6, 6.07) is 11.3. The van der Waals surface area contributed by atoms with Crippen LogP contribution in [-0.2, 0) is 11.2 Å². The third kappa shape index (κ3) is 4.37. The summed E-state index contributed by atoms with van der Waals surface area (Å²) in [6.45, 7) is 8.41. The average Bonchev–Trinajstić information content (AvgIpc) is 2.88. The molecule has 2 aromatic rings. The van der Waals surface area contributed by atoms with Crippen LogP contribution < -0.4 is 14.8 Å². The summed E-state index contributed by atoms with van der Waals surface area (Å²) in [7, 11) is 3.12. The molecule has 0 aliphatic carbocycles. The SMILES string of the molecule is CCN(CC)CCCNC(=O)[C@@H]1c2cc(OC)c(OC)cc2C(=O)N2CCc3ccccc3[C@@H]12. The summed E-state index contributed by atoms with van der Waals surface area (Å²) in [5, 5.41) is 3.17. The van der Waals surface area contributed by atoms with Gasteiger partial charge in [-0.05, 0) is 61.3 Å². The molecule has 34 heavy (non-hydrogen) atoms. The number of hydrogen-bond acceptors (Lipinski definition) is 5. The van der Waals surface area contributed by atoms with Gasteiger partial charge in [-0.15, -0.1) is 0 Å². The number of carbonyl (C=O) groups is 2. The molecule has 0 radical (unpaired) electrons. The lowest BCUT2D eigenvalue weighted by molar-refractivity contribution is -0.124. The van der Waals surface area contributed by atoms with Crippen LogP contribution >= 0.6 is 0 Å². The smallest absolute Gasteiger partial charge is 0.254 e. The molecule has 2 atom stereocenters. The number of carbonyl (C=O) groups excluding carboxylic acids is 2. The predicted molar refractivity (Wildman–Crippen MR) is 132 cm³/mol. The second-order valence-corrected chi connectivity index (χ2v) is 8.84. The van der Waals surface area contributed by atoms with Crippen molar-refractivity contribution in [3.05, 3.63) is 58.7 Å². The van der Waals surface area contributed by atoms with Gasteiger partial charge in [0.15, 0.2) is 11.5 Å². The molecule has 0 spiro atoms. The lowest BCUT2D eigenvalue weighted by Gasteiger charge is -2.45. The summed E-state index contributed by atoms with van der Waals surface area (Å²) in [4.78, 5) is 31.5. The van der Waals surface area contributed by atoms with Gasteiger partial charge in [0.25, 0.3) is 5.91 Å². The van der Waals surface area contributed by atoms with E-state index in [0.29, 0.717) is 35.7 Å². The van der Waals surface area contributed by atoms with Crippen molar-refractivity contribution in [1.82, 2.24) is 15.1 Å². The van der Waals surface area contributed by atoms with E-state index in [1.807, 2.05) is 23.1 Å². The van der Waals surface area contributed by atoms with E-state index < -0.39 is 5.92 Å². The first-order chi connectivity index (χ1) is 16.5. The van der Waals surface area contributed by atoms with Crippen LogP contribution in [0.1, 0.15) is 59.3 Å². The molecule has 7 heteroatoms. The Balaban J connectivity index is 1.71. The lowest BCUT2D eigenvalue weighted by atomic mass is 9.75. The molecule has 7 nitrogen and oxygen atoms in total. The maximum atomic E-state index is 13.7. The summed E-state index contributed by atoms with van der Waals surface area (Å²) >= 11 is 0. The Morgan fingerprint density at radius 3 is 2.50 bits per heavy atom. The fourth-order valence-corrected chi connectivity index (χ4v) is 5.30. The van der Waals surface area contributed by atoms with Crippen LogP contribution in [0.15, 0.2) is 36.4 Å². The maximum Gasteiger partial charge on any atom is 0.254 e. The van der Waals surface area contributed by atoms with Crippen molar-refractivity contribution in [1.29, 1.82) is 0 Å². The highest BCUT2D eigenvalue weighted by atomic mass is 16.5. The number of rotatable bonds is 9. The predicted octanol–water partition coefficient (Wildman–Crippen LogP) is 3.39. The van der Waals surface area contributed by atoms with Crippen LogP contribution in [0.3, 0.4) is 0 Å². The molecule has 4 rings (SSSR count). The Hall–Kier alpha value is -3.06. The van der Waals surface area contributed by atoms with E-state index in [0.717, 1.165) is 38.0 Å². The van der Waals surface area contributed by atoms with Crippen molar-refractivity contribution in [3.63, 3.8) is 0 Å². The van der Waals surface area contributed by atoms with Gasteiger partial charge in [-0.3, -0.25) is 9.59 Å². The highest BCUT2D eigenvalue weighted by Gasteiger charge is 2.46. The first kappa shape index (κ1) is 24.1. The van der Waals surface area contributed by atoms with E-state index in [-0.39, 0.29) is 17.9 Å². The minimum atomic E-state index is -0.526. The number of ether oxygens (including phenoxy) is 2. The fourth-order valence-electron chi connectivity index (χ4n) is 5.30. The van der Waals surface area contributed by atoms with Crippen LogP contribution in [0.4, 0.5) is 0 Å². The molecule has 2 aromatic carbocycles. The Morgan fingerprint density at radius 2 is 1.79 bits per heavy atom. The summed E-state index contributed by atoms with van der Waals surface area (Å²) in [6.07, 6.45) is 1.65. The van der Waals surface area contributed by atoms with E-state index in [2.05, 4.69) is 30.1 Å². The number of amides is 2. The largest absolute Gasteiger partial charge is 0.493 e. The second-order valence-electron chi connectivity index (χ2n) is 8.84. The van der Waals surface area contributed by atoms with Crippen molar-refractivity contribution in [2.24, 2.45) is 0 Å². The van der Waals surface area contributed by atoms with Crippen molar-refractivity contribution in [2.75, 3.05) is 46.9 Å². The monoisotopic (exact) mass is 465 g/mol. The summed E-state index contributed by atoms with van der Waals surface area (Å²) in [5.74, 6) is 0.352. The maximum absolute atomic E-state index is 13.7. The highest BCUT2D eigenvalue weighted by molar-refractivity contribution is 6.02. The first-order valence-electron chi connectivity index (χ1n) is 12.2. The fraction of sp³-hybridized carbons (Fsp3) is 0.481. The first-order valence-corrected chi connectivity index (χ1v) is 12.2. The Kier molecular flexibility index (Phi) is 7.41. The molecule has 1 N–H and O–H groups in total. The summed E-state index contributed by atoms with van der Waals surface area (Å²) < 4.78 is 11.0. The lowest BCUT2D eigenvalue weighted by Crippen LogP contribution is -2.50. The van der Waals surface area contributed by atoms with Gasteiger partial charge in [-0.2, -0.15) is 0 Å². The number of benzene rings is 2. The van der Waals surface area contributed by atoms with Gasteiger partial charge >= 0.3 is 0 Å².